The molecule has 0 aliphatic rings. The molecule has 0 fully saturated rings. The molecule has 3 heteroatoms. The molecule has 1 nitrogen and oxygen atoms in total. The first-order valence-corrected chi connectivity index (χ1v) is 5.54. The molecule has 0 amide bonds. The Hall–Kier alpha value is -1.27. The molecule has 0 atom stereocenters. The summed E-state index contributed by atoms with van der Waals surface area (Å²) in [5.74, 6) is 2.68. The normalized spacial score (nSPS) is 9.60. The number of rotatable bonds is 5. The lowest BCUT2D eigenvalue weighted by molar-refractivity contribution is -0.116. The van der Waals surface area contributed by atoms with Crippen molar-refractivity contribution in [2.45, 2.75) is 17.7 Å². The first-order chi connectivity index (χ1) is 7.22. The molecule has 0 aromatic heterocycles. The van der Waals surface area contributed by atoms with Gasteiger partial charge in [0, 0.05) is 17.7 Å². The highest BCUT2D eigenvalue weighted by molar-refractivity contribution is 8.00. The van der Waals surface area contributed by atoms with Crippen molar-refractivity contribution in [1.29, 1.82) is 0 Å². The van der Waals surface area contributed by atoms with Crippen molar-refractivity contribution < 1.29 is 9.18 Å². The number of ketones is 1. The molecule has 0 aliphatic heterocycles. The maximum atomic E-state index is 12.6. The Kier molecular flexibility index (Phi) is 4.92. The standard InChI is InChI=1S/C12H11FOS/c1-2-3-4-11(14)9-15-12-7-5-10(13)6-8-12/h1,5-8H,3-4,9H2. The molecule has 0 saturated heterocycles. The summed E-state index contributed by atoms with van der Waals surface area (Å²) >= 11 is 1.40. The molecule has 1 aromatic carbocycles. The minimum atomic E-state index is -0.266. The minimum Gasteiger partial charge on any atom is -0.299 e. The molecule has 0 radical (unpaired) electrons. The first kappa shape index (κ1) is 11.8. The summed E-state index contributed by atoms with van der Waals surface area (Å²) in [6, 6.07) is 6.09. The van der Waals surface area contributed by atoms with E-state index in [0.717, 1.165) is 4.90 Å². The minimum absolute atomic E-state index is 0.127. The van der Waals surface area contributed by atoms with Crippen LogP contribution in [0.4, 0.5) is 4.39 Å². The van der Waals surface area contributed by atoms with Crippen LogP contribution in [0.3, 0.4) is 0 Å². The van der Waals surface area contributed by atoms with Crippen molar-refractivity contribution in [3.05, 3.63) is 30.1 Å². The second-order valence-corrected chi connectivity index (χ2v) is 4.03. The van der Waals surface area contributed by atoms with Crippen molar-refractivity contribution in [2.75, 3.05) is 5.75 Å². The van der Waals surface area contributed by atoms with Crippen molar-refractivity contribution in [3.63, 3.8) is 0 Å². The lowest BCUT2D eigenvalue weighted by Gasteiger charge is -1.99. The van der Waals surface area contributed by atoms with Crippen LogP contribution in [0.1, 0.15) is 12.8 Å². The van der Waals surface area contributed by atoms with Crippen LogP contribution in [-0.2, 0) is 4.79 Å². The largest absolute Gasteiger partial charge is 0.299 e. The van der Waals surface area contributed by atoms with Gasteiger partial charge in [-0.2, -0.15) is 0 Å². The number of thioether (sulfide) groups is 1. The number of carbonyl (C=O) groups excluding carboxylic acids is 1. The second-order valence-electron chi connectivity index (χ2n) is 2.99. The number of hydrogen-bond donors (Lipinski definition) is 0. The molecule has 0 saturated carbocycles. The van der Waals surface area contributed by atoms with Crippen molar-refractivity contribution in [1.82, 2.24) is 0 Å². The molecule has 0 spiro atoms. The smallest absolute Gasteiger partial charge is 0.144 e. The maximum absolute atomic E-state index is 12.6. The zero-order valence-electron chi connectivity index (χ0n) is 8.20. The second kappa shape index (κ2) is 6.26. The zero-order valence-corrected chi connectivity index (χ0v) is 9.02. The third kappa shape index (κ3) is 4.66. The summed E-state index contributed by atoms with van der Waals surface area (Å²) in [5, 5.41) is 0. The highest BCUT2D eigenvalue weighted by Gasteiger charge is 2.02. The van der Waals surface area contributed by atoms with Gasteiger partial charge in [0.05, 0.1) is 5.75 Å². The fraction of sp³-hybridized carbons (Fsp3) is 0.250. The number of carbonyl (C=O) groups is 1. The van der Waals surface area contributed by atoms with Crippen LogP contribution >= 0.6 is 11.8 Å². The molecule has 0 bridgehead atoms. The number of benzene rings is 1. The maximum Gasteiger partial charge on any atom is 0.144 e. The van der Waals surface area contributed by atoms with Gasteiger partial charge in [0.25, 0.3) is 0 Å². The lowest BCUT2D eigenvalue weighted by atomic mass is 10.2. The molecule has 0 heterocycles. The predicted molar refractivity (Wildman–Crippen MR) is 60.2 cm³/mol. The summed E-state index contributed by atoms with van der Waals surface area (Å²) < 4.78 is 12.6. The Bertz CT molecular complexity index is 364. The fourth-order valence-corrected chi connectivity index (χ4v) is 1.78. The van der Waals surface area contributed by atoms with Crippen LogP contribution in [0, 0.1) is 18.2 Å². The van der Waals surface area contributed by atoms with E-state index in [0.29, 0.717) is 18.6 Å². The molecule has 1 aromatic rings. The van der Waals surface area contributed by atoms with E-state index in [9.17, 15) is 9.18 Å². The summed E-state index contributed by atoms with van der Waals surface area (Å²) in [6.07, 6.45) is 5.96. The van der Waals surface area contributed by atoms with E-state index in [4.69, 9.17) is 6.42 Å². The van der Waals surface area contributed by atoms with Crippen molar-refractivity contribution in [2.24, 2.45) is 0 Å². The van der Waals surface area contributed by atoms with E-state index >= 15 is 0 Å². The van der Waals surface area contributed by atoms with Gasteiger partial charge in [-0.25, -0.2) is 4.39 Å². The van der Waals surface area contributed by atoms with Crippen LogP contribution in [0.5, 0.6) is 0 Å². The fourth-order valence-electron chi connectivity index (χ4n) is 0.978. The van der Waals surface area contributed by atoms with Gasteiger partial charge in [-0.15, -0.1) is 24.1 Å². The van der Waals surface area contributed by atoms with Gasteiger partial charge >= 0.3 is 0 Å². The van der Waals surface area contributed by atoms with Crippen LogP contribution in [0.15, 0.2) is 29.2 Å². The number of terminal acetylenes is 1. The summed E-state index contributed by atoms with van der Waals surface area (Å²) in [4.78, 5) is 12.1. The van der Waals surface area contributed by atoms with Gasteiger partial charge in [-0.3, -0.25) is 4.79 Å². The Morgan fingerprint density at radius 2 is 2.07 bits per heavy atom. The average molecular weight is 222 g/mol. The van der Waals surface area contributed by atoms with E-state index in [2.05, 4.69) is 5.92 Å². The molecule has 1 rings (SSSR count). The predicted octanol–water partition coefficient (Wildman–Crippen LogP) is 2.90. The van der Waals surface area contributed by atoms with E-state index in [1.54, 1.807) is 12.1 Å². The number of hydrogen-bond acceptors (Lipinski definition) is 2. The summed E-state index contributed by atoms with van der Waals surface area (Å²) in [5.41, 5.74) is 0. The quantitative estimate of drug-likeness (QED) is 0.563. The molecule has 15 heavy (non-hydrogen) atoms. The van der Waals surface area contributed by atoms with E-state index in [1.807, 2.05) is 0 Å². The zero-order chi connectivity index (χ0) is 11.1. The Morgan fingerprint density at radius 1 is 1.40 bits per heavy atom. The Labute approximate surface area is 93.1 Å². The Morgan fingerprint density at radius 3 is 2.67 bits per heavy atom. The average Bonchev–Trinajstić information content (AvgIpc) is 2.25. The molecule has 0 aliphatic carbocycles. The third-order valence-corrected chi connectivity index (χ3v) is 2.83. The van der Waals surface area contributed by atoms with Gasteiger partial charge in [-0.05, 0) is 24.3 Å². The number of Topliss-reactive ketones (excluding diaryl/α,β-unsaturated/α-hetero) is 1. The molecular formula is C12H11FOS. The van der Waals surface area contributed by atoms with Crippen LogP contribution < -0.4 is 0 Å². The van der Waals surface area contributed by atoms with Crippen molar-refractivity contribution >= 4 is 17.5 Å². The molecule has 0 N–H and O–H groups in total. The van der Waals surface area contributed by atoms with E-state index in [1.165, 1.54) is 23.9 Å². The van der Waals surface area contributed by atoms with E-state index in [-0.39, 0.29) is 11.6 Å². The summed E-state index contributed by atoms with van der Waals surface area (Å²) in [6.45, 7) is 0. The van der Waals surface area contributed by atoms with Crippen LogP contribution in [0.25, 0.3) is 0 Å². The highest BCUT2D eigenvalue weighted by atomic mass is 32.2. The molecule has 0 unspecified atom stereocenters. The third-order valence-electron chi connectivity index (χ3n) is 1.76. The van der Waals surface area contributed by atoms with Crippen LogP contribution in [-0.4, -0.2) is 11.5 Å². The van der Waals surface area contributed by atoms with E-state index < -0.39 is 0 Å². The monoisotopic (exact) mass is 222 g/mol. The van der Waals surface area contributed by atoms with Gasteiger partial charge in [0.15, 0.2) is 0 Å². The highest BCUT2D eigenvalue weighted by Crippen LogP contribution is 2.18. The van der Waals surface area contributed by atoms with Crippen LogP contribution in [0.2, 0.25) is 0 Å². The van der Waals surface area contributed by atoms with Gasteiger partial charge in [0.2, 0.25) is 0 Å². The SMILES string of the molecule is C#CCCC(=O)CSc1ccc(F)cc1. The van der Waals surface area contributed by atoms with Gasteiger partial charge in [-0.1, -0.05) is 0 Å². The van der Waals surface area contributed by atoms with Gasteiger partial charge < -0.3 is 0 Å². The topological polar surface area (TPSA) is 17.1 Å². The number of halogens is 1. The lowest BCUT2D eigenvalue weighted by Crippen LogP contribution is -2.00. The summed E-state index contributed by atoms with van der Waals surface area (Å²) in [7, 11) is 0. The molecule has 78 valence electrons. The van der Waals surface area contributed by atoms with Crippen molar-refractivity contribution in [3.8, 4) is 12.3 Å². The molecular weight excluding hydrogens is 211 g/mol. The Balaban J connectivity index is 2.34. The van der Waals surface area contributed by atoms with Gasteiger partial charge in [0.1, 0.15) is 11.6 Å². The first-order valence-electron chi connectivity index (χ1n) is 4.56.